The normalized spacial score (nSPS) is 11.8. The number of amides is 1. The number of benzene rings is 2. The zero-order chi connectivity index (χ0) is 18.4. The second-order valence-corrected chi connectivity index (χ2v) is 6.04. The predicted molar refractivity (Wildman–Crippen MR) is 95.3 cm³/mol. The molecule has 0 saturated heterocycles. The number of carbonyl (C=O) groups is 1. The third-order valence-corrected chi connectivity index (χ3v) is 4.20. The standard InChI is InChI=1S/C19H22N2O4/c1-14-8-9-17(21(24)25)12-18(14)19(23)20(15(2)10-11-22)13-16-6-4-3-5-7-16/h3-9,12,15,22H,10-11,13H2,1-2H3. The molecule has 1 amide bonds. The van der Waals surface area contributed by atoms with Crippen molar-refractivity contribution in [3.05, 3.63) is 75.3 Å². The Hall–Kier alpha value is -2.73. The molecule has 0 saturated carbocycles. The highest BCUT2D eigenvalue weighted by Crippen LogP contribution is 2.22. The summed E-state index contributed by atoms with van der Waals surface area (Å²) in [5, 5.41) is 20.3. The van der Waals surface area contributed by atoms with Gasteiger partial charge >= 0.3 is 0 Å². The minimum Gasteiger partial charge on any atom is -0.396 e. The first-order chi connectivity index (χ1) is 11.9. The summed E-state index contributed by atoms with van der Waals surface area (Å²) in [5.41, 5.74) is 1.85. The molecule has 0 spiro atoms. The van der Waals surface area contributed by atoms with E-state index < -0.39 is 4.92 Å². The summed E-state index contributed by atoms with van der Waals surface area (Å²) in [5.74, 6) is -0.272. The van der Waals surface area contributed by atoms with Crippen molar-refractivity contribution in [3.8, 4) is 0 Å². The van der Waals surface area contributed by atoms with Gasteiger partial charge in [-0.05, 0) is 31.4 Å². The van der Waals surface area contributed by atoms with Crippen molar-refractivity contribution in [1.29, 1.82) is 0 Å². The molecule has 0 aliphatic heterocycles. The molecular weight excluding hydrogens is 320 g/mol. The van der Waals surface area contributed by atoms with E-state index in [1.165, 1.54) is 12.1 Å². The summed E-state index contributed by atoms with van der Waals surface area (Å²) in [7, 11) is 0. The number of nitrogens with zero attached hydrogens (tertiary/aromatic N) is 2. The predicted octanol–water partition coefficient (Wildman–Crippen LogP) is 3.32. The van der Waals surface area contributed by atoms with Crippen LogP contribution in [0.2, 0.25) is 0 Å². The number of non-ortho nitro benzene ring substituents is 1. The molecule has 0 heterocycles. The van der Waals surface area contributed by atoms with E-state index in [4.69, 9.17) is 0 Å². The van der Waals surface area contributed by atoms with Crippen molar-refractivity contribution in [1.82, 2.24) is 4.90 Å². The minimum atomic E-state index is -0.505. The van der Waals surface area contributed by atoms with Crippen molar-refractivity contribution >= 4 is 11.6 Å². The maximum absolute atomic E-state index is 13.1. The zero-order valence-electron chi connectivity index (χ0n) is 14.4. The monoisotopic (exact) mass is 342 g/mol. The molecule has 6 nitrogen and oxygen atoms in total. The van der Waals surface area contributed by atoms with Gasteiger partial charge < -0.3 is 10.0 Å². The number of aryl methyl sites for hydroxylation is 1. The van der Waals surface area contributed by atoms with Crippen LogP contribution in [-0.2, 0) is 6.54 Å². The van der Waals surface area contributed by atoms with Crippen molar-refractivity contribution in [2.45, 2.75) is 32.9 Å². The van der Waals surface area contributed by atoms with E-state index in [9.17, 15) is 20.0 Å². The smallest absolute Gasteiger partial charge is 0.270 e. The van der Waals surface area contributed by atoms with Gasteiger partial charge in [0, 0.05) is 36.9 Å². The number of carbonyl (C=O) groups excluding carboxylic acids is 1. The first-order valence-electron chi connectivity index (χ1n) is 8.15. The molecule has 6 heteroatoms. The first kappa shape index (κ1) is 18.6. The van der Waals surface area contributed by atoms with E-state index in [0.717, 1.165) is 5.56 Å². The van der Waals surface area contributed by atoms with Crippen molar-refractivity contribution < 1.29 is 14.8 Å². The lowest BCUT2D eigenvalue weighted by atomic mass is 10.0. The number of hydrogen-bond acceptors (Lipinski definition) is 4. The summed E-state index contributed by atoms with van der Waals surface area (Å²) in [6, 6.07) is 13.6. The van der Waals surface area contributed by atoms with E-state index in [2.05, 4.69) is 0 Å². The van der Waals surface area contributed by atoms with E-state index in [1.807, 2.05) is 37.3 Å². The lowest BCUT2D eigenvalue weighted by molar-refractivity contribution is -0.384. The Morgan fingerprint density at radius 2 is 1.92 bits per heavy atom. The number of nitro benzene ring substituents is 1. The minimum absolute atomic E-state index is 0.0341. The van der Waals surface area contributed by atoms with Crippen LogP contribution in [0.3, 0.4) is 0 Å². The number of aliphatic hydroxyl groups excluding tert-OH is 1. The van der Waals surface area contributed by atoms with Gasteiger partial charge in [-0.3, -0.25) is 14.9 Å². The first-order valence-corrected chi connectivity index (χ1v) is 8.15. The third kappa shape index (κ3) is 4.64. The van der Waals surface area contributed by atoms with Crippen LogP contribution in [0.25, 0.3) is 0 Å². The van der Waals surface area contributed by atoms with Crippen molar-refractivity contribution in [2.75, 3.05) is 6.61 Å². The fourth-order valence-electron chi connectivity index (χ4n) is 2.66. The maximum Gasteiger partial charge on any atom is 0.270 e. The van der Waals surface area contributed by atoms with Crippen LogP contribution in [0.1, 0.15) is 34.8 Å². The highest BCUT2D eigenvalue weighted by molar-refractivity contribution is 5.96. The molecule has 0 aromatic heterocycles. The highest BCUT2D eigenvalue weighted by Gasteiger charge is 2.24. The van der Waals surface area contributed by atoms with E-state index in [-0.39, 0.29) is 24.2 Å². The largest absolute Gasteiger partial charge is 0.396 e. The van der Waals surface area contributed by atoms with Gasteiger partial charge in [-0.25, -0.2) is 0 Å². The zero-order valence-corrected chi connectivity index (χ0v) is 14.4. The average molecular weight is 342 g/mol. The molecule has 132 valence electrons. The summed E-state index contributed by atoms with van der Waals surface area (Å²) >= 11 is 0. The lowest BCUT2D eigenvalue weighted by Gasteiger charge is -2.29. The second-order valence-electron chi connectivity index (χ2n) is 6.04. The molecule has 1 atom stereocenters. The Balaban J connectivity index is 2.37. The molecule has 2 aromatic carbocycles. The van der Waals surface area contributed by atoms with Gasteiger partial charge in [-0.1, -0.05) is 36.4 Å². The number of nitro groups is 1. The molecule has 0 aliphatic rings. The van der Waals surface area contributed by atoms with E-state index in [1.54, 1.807) is 17.9 Å². The van der Waals surface area contributed by atoms with Gasteiger partial charge in [0.1, 0.15) is 0 Å². The molecule has 2 aromatic rings. The lowest BCUT2D eigenvalue weighted by Crippen LogP contribution is -2.39. The van der Waals surface area contributed by atoms with Gasteiger partial charge in [-0.15, -0.1) is 0 Å². The molecule has 0 aliphatic carbocycles. The van der Waals surface area contributed by atoms with E-state index in [0.29, 0.717) is 24.1 Å². The second kappa shape index (κ2) is 8.39. The van der Waals surface area contributed by atoms with Crippen LogP contribution in [0.5, 0.6) is 0 Å². The van der Waals surface area contributed by atoms with Crippen LogP contribution in [0.4, 0.5) is 5.69 Å². The molecule has 1 unspecified atom stereocenters. The summed E-state index contributed by atoms with van der Waals surface area (Å²) in [6.07, 6.45) is 0.437. The molecule has 2 rings (SSSR count). The molecule has 0 bridgehead atoms. The Labute approximate surface area is 146 Å². The number of aliphatic hydroxyl groups is 1. The molecule has 0 fully saturated rings. The topological polar surface area (TPSA) is 83.7 Å². The highest BCUT2D eigenvalue weighted by atomic mass is 16.6. The molecule has 0 radical (unpaired) electrons. The van der Waals surface area contributed by atoms with Crippen molar-refractivity contribution in [2.24, 2.45) is 0 Å². The van der Waals surface area contributed by atoms with Crippen LogP contribution in [0, 0.1) is 17.0 Å². The van der Waals surface area contributed by atoms with Gasteiger partial charge in [0.2, 0.25) is 0 Å². The summed E-state index contributed by atoms with van der Waals surface area (Å²) in [4.78, 5) is 25.3. The van der Waals surface area contributed by atoms with Gasteiger partial charge in [0.25, 0.3) is 11.6 Å². The van der Waals surface area contributed by atoms with Crippen LogP contribution >= 0.6 is 0 Å². The Bertz CT molecular complexity index is 746. The van der Waals surface area contributed by atoms with Crippen LogP contribution in [-0.4, -0.2) is 33.5 Å². The van der Waals surface area contributed by atoms with Gasteiger partial charge in [0.15, 0.2) is 0 Å². The molecule has 1 N–H and O–H groups in total. The van der Waals surface area contributed by atoms with Crippen molar-refractivity contribution in [3.63, 3.8) is 0 Å². The Morgan fingerprint density at radius 1 is 1.24 bits per heavy atom. The molecule has 25 heavy (non-hydrogen) atoms. The fraction of sp³-hybridized carbons (Fsp3) is 0.316. The summed E-state index contributed by atoms with van der Waals surface area (Å²) in [6.45, 7) is 3.97. The number of hydrogen-bond donors (Lipinski definition) is 1. The average Bonchev–Trinajstić information content (AvgIpc) is 2.60. The summed E-state index contributed by atoms with van der Waals surface area (Å²) < 4.78 is 0. The van der Waals surface area contributed by atoms with Crippen LogP contribution < -0.4 is 0 Å². The van der Waals surface area contributed by atoms with Gasteiger partial charge in [0.05, 0.1) is 4.92 Å². The molecular formula is C19H22N2O4. The Kier molecular flexibility index (Phi) is 6.25. The van der Waals surface area contributed by atoms with Gasteiger partial charge in [-0.2, -0.15) is 0 Å². The quantitative estimate of drug-likeness (QED) is 0.618. The number of rotatable bonds is 7. The van der Waals surface area contributed by atoms with Crippen LogP contribution in [0.15, 0.2) is 48.5 Å². The van der Waals surface area contributed by atoms with E-state index >= 15 is 0 Å². The SMILES string of the molecule is Cc1ccc([N+](=O)[O-])cc1C(=O)N(Cc1ccccc1)C(C)CCO. The third-order valence-electron chi connectivity index (χ3n) is 4.20. The maximum atomic E-state index is 13.1. The fourth-order valence-corrected chi connectivity index (χ4v) is 2.66. The Morgan fingerprint density at radius 3 is 2.52 bits per heavy atom.